The van der Waals surface area contributed by atoms with Gasteiger partial charge in [0.15, 0.2) is 0 Å². The molecule has 5 heteroatoms. The Bertz CT molecular complexity index is 691. The number of furan rings is 1. The second-order valence-electron chi connectivity index (χ2n) is 4.22. The van der Waals surface area contributed by atoms with Crippen LogP contribution in [0.2, 0.25) is 0 Å². The van der Waals surface area contributed by atoms with Crippen LogP contribution < -0.4 is 5.32 Å². The van der Waals surface area contributed by atoms with Gasteiger partial charge in [-0.2, -0.15) is 11.3 Å². The van der Waals surface area contributed by atoms with Gasteiger partial charge in [0.2, 0.25) is 0 Å². The predicted molar refractivity (Wildman–Crippen MR) is 77.4 cm³/mol. The molecule has 0 unspecified atom stereocenters. The summed E-state index contributed by atoms with van der Waals surface area (Å²) < 4.78 is 4.90. The summed E-state index contributed by atoms with van der Waals surface area (Å²) in [6.45, 7) is 0.434. The van der Waals surface area contributed by atoms with Gasteiger partial charge in [-0.1, -0.05) is 6.07 Å². The summed E-state index contributed by atoms with van der Waals surface area (Å²) in [4.78, 5) is 16.3. The first kappa shape index (κ1) is 12.6. The number of aromatic nitrogens is 1. The molecule has 20 heavy (non-hydrogen) atoms. The molecule has 4 nitrogen and oxygen atoms in total. The largest absolute Gasteiger partial charge is 0.472 e. The topological polar surface area (TPSA) is 55.1 Å². The van der Waals surface area contributed by atoms with Gasteiger partial charge in [-0.3, -0.25) is 9.78 Å². The van der Waals surface area contributed by atoms with E-state index in [0.29, 0.717) is 12.1 Å². The highest BCUT2D eigenvalue weighted by Gasteiger charge is 2.10. The lowest BCUT2D eigenvalue weighted by Crippen LogP contribution is -2.22. The Hall–Kier alpha value is -2.40. The smallest absolute Gasteiger partial charge is 0.254 e. The fourth-order valence-electron chi connectivity index (χ4n) is 1.91. The summed E-state index contributed by atoms with van der Waals surface area (Å²) in [5, 5.41) is 6.93. The normalized spacial score (nSPS) is 10.4. The van der Waals surface area contributed by atoms with E-state index in [2.05, 4.69) is 10.3 Å². The molecular formula is C15H12N2O2S. The number of carbonyl (C=O) groups excluding carboxylic acids is 1. The zero-order chi connectivity index (χ0) is 13.8. The van der Waals surface area contributed by atoms with Crippen LogP contribution in [-0.4, -0.2) is 10.9 Å². The van der Waals surface area contributed by atoms with Crippen LogP contribution in [-0.2, 0) is 6.54 Å². The lowest BCUT2D eigenvalue weighted by atomic mass is 10.1. The van der Waals surface area contributed by atoms with Gasteiger partial charge in [-0.15, -0.1) is 0 Å². The molecule has 0 bridgehead atoms. The molecule has 0 saturated carbocycles. The van der Waals surface area contributed by atoms with Gasteiger partial charge < -0.3 is 9.73 Å². The molecule has 1 amide bonds. The third-order valence-corrected chi connectivity index (χ3v) is 3.59. The van der Waals surface area contributed by atoms with E-state index in [9.17, 15) is 4.79 Å². The minimum Gasteiger partial charge on any atom is -0.472 e. The molecule has 0 aliphatic carbocycles. The number of amides is 1. The van der Waals surface area contributed by atoms with Crippen molar-refractivity contribution in [2.75, 3.05) is 0 Å². The third kappa shape index (κ3) is 2.62. The van der Waals surface area contributed by atoms with Crippen molar-refractivity contribution in [2.45, 2.75) is 6.54 Å². The van der Waals surface area contributed by atoms with Crippen LogP contribution in [0.1, 0.15) is 15.9 Å². The van der Waals surface area contributed by atoms with E-state index in [-0.39, 0.29) is 5.91 Å². The minimum atomic E-state index is -0.154. The van der Waals surface area contributed by atoms with Crippen molar-refractivity contribution in [1.82, 2.24) is 10.3 Å². The number of carbonyl (C=O) groups is 1. The molecule has 3 rings (SSSR count). The summed E-state index contributed by atoms with van der Waals surface area (Å²) in [6, 6.07) is 7.50. The highest BCUT2D eigenvalue weighted by molar-refractivity contribution is 7.08. The SMILES string of the molecule is O=C(NCc1cccnc1-c1ccsc1)c1ccoc1. The fraction of sp³-hybridized carbons (Fsp3) is 0.0667. The van der Waals surface area contributed by atoms with Gasteiger partial charge in [0.1, 0.15) is 6.26 Å². The standard InChI is InChI=1S/C15H12N2O2S/c18-15(12-3-6-19-9-12)17-8-11-2-1-5-16-14(11)13-4-7-20-10-13/h1-7,9-10H,8H2,(H,17,18). The van der Waals surface area contributed by atoms with Crippen LogP contribution in [0.25, 0.3) is 11.3 Å². The molecule has 0 aliphatic rings. The van der Waals surface area contributed by atoms with Gasteiger partial charge in [0.25, 0.3) is 5.91 Å². The van der Waals surface area contributed by atoms with E-state index < -0.39 is 0 Å². The van der Waals surface area contributed by atoms with Gasteiger partial charge >= 0.3 is 0 Å². The van der Waals surface area contributed by atoms with Crippen molar-refractivity contribution < 1.29 is 9.21 Å². The number of pyridine rings is 1. The molecule has 0 aliphatic heterocycles. The summed E-state index contributed by atoms with van der Waals surface area (Å²) in [5.74, 6) is -0.154. The van der Waals surface area contributed by atoms with Gasteiger partial charge in [0, 0.05) is 23.7 Å². The van der Waals surface area contributed by atoms with E-state index in [0.717, 1.165) is 16.8 Å². The van der Waals surface area contributed by atoms with Crippen molar-refractivity contribution in [3.8, 4) is 11.3 Å². The van der Waals surface area contributed by atoms with Gasteiger partial charge in [0.05, 0.1) is 17.5 Å². The number of thiophene rings is 1. The average Bonchev–Trinajstić information content (AvgIpc) is 3.17. The first-order valence-electron chi connectivity index (χ1n) is 6.11. The molecule has 0 saturated heterocycles. The Kier molecular flexibility index (Phi) is 3.60. The zero-order valence-corrected chi connectivity index (χ0v) is 11.4. The van der Waals surface area contributed by atoms with Crippen LogP contribution in [0.3, 0.4) is 0 Å². The molecule has 3 aromatic heterocycles. The third-order valence-electron chi connectivity index (χ3n) is 2.91. The van der Waals surface area contributed by atoms with Gasteiger partial charge in [-0.05, 0) is 29.1 Å². The molecule has 0 atom stereocenters. The number of nitrogens with zero attached hydrogens (tertiary/aromatic N) is 1. The van der Waals surface area contributed by atoms with Crippen molar-refractivity contribution in [3.63, 3.8) is 0 Å². The molecule has 0 radical (unpaired) electrons. The first-order valence-corrected chi connectivity index (χ1v) is 7.06. The van der Waals surface area contributed by atoms with Crippen molar-refractivity contribution >= 4 is 17.2 Å². The monoisotopic (exact) mass is 284 g/mol. The lowest BCUT2D eigenvalue weighted by molar-refractivity contribution is 0.0950. The molecule has 3 aromatic rings. The molecular weight excluding hydrogens is 272 g/mol. The Morgan fingerprint density at radius 3 is 3.05 bits per heavy atom. The summed E-state index contributed by atoms with van der Waals surface area (Å²) >= 11 is 1.63. The molecule has 0 aromatic carbocycles. The number of nitrogens with one attached hydrogen (secondary N) is 1. The zero-order valence-electron chi connectivity index (χ0n) is 10.6. The Morgan fingerprint density at radius 2 is 2.30 bits per heavy atom. The van der Waals surface area contributed by atoms with Crippen molar-refractivity contribution in [3.05, 3.63) is 64.9 Å². The maximum Gasteiger partial charge on any atom is 0.254 e. The maximum absolute atomic E-state index is 11.9. The highest BCUT2D eigenvalue weighted by atomic mass is 32.1. The second kappa shape index (κ2) is 5.71. The molecule has 1 N–H and O–H groups in total. The average molecular weight is 284 g/mol. The Balaban J connectivity index is 1.77. The van der Waals surface area contributed by atoms with Crippen LogP contribution in [0.5, 0.6) is 0 Å². The maximum atomic E-state index is 11.9. The Labute approximate surface area is 120 Å². The van der Waals surface area contributed by atoms with E-state index >= 15 is 0 Å². The molecule has 0 fully saturated rings. The minimum absolute atomic E-state index is 0.154. The van der Waals surface area contributed by atoms with E-state index in [1.54, 1.807) is 23.6 Å². The van der Waals surface area contributed by atoms with E-state index in [4.69, 9.17) is 4.42 Å². The van der Waals surface area contributed by atoms with Crippen molar-refractivity contribution in [2.24, 2.45) is 0 Å². The Morgan fingerprint density at radius 1 is 1.35 bits per heavy atom. The van der Waals surface area contributed by atoms with Crippen molar-refractivity contribution in [1.29, 1.82) is 0 Å². The quantitative estimate of drug-likeness (QED) is 0.799. The molecule has 3 heterocycles. The molecule has 0 spiro atoms. The first-order chi connectivity index (χ1) is 9.84. The highest BCUT2D eigenvalue weighted by Crippen LogP contribution is 2.23. The summed E-state index contributed by atoms with van der Waals surface area (Å²) in [6.07, 6.45) is 4.67. The van der Waals surface area contributed by atoms with Crippen LogP contribution >= 0.6 is 11.3 Å². The fourth-order valence-corrected chi connectivity index (χ4v) is 2.55. The van der Waals surface area contributed by atoms with Crippen LogP contribution in [0.15, 0.2) is 58.2 Å². The number of hydrogen-bond donors (Lipinski definition) is 1. The van der Waals surface area contributed by atoms with E-state index in [1.807, 2.05) is 29.0 Å². The van der Waals surface area contributed by atoms with Crippen LogP contribution in [0.4, 0.5) is 0 Å². The second-order valence-corrected chi connectivity index (χ2v) is 5.00. The lowest BCUT2D eigenvalue weighted by Gasteiger charge is -2.08. The number of hydrogen-bond acceptors (Lipinski definition) is 4. The summed E-state index contributed by atoms with van der Waals surface area (Å²) in [5.41, 5.74) is 3.48. The van der Waals surface area contributed by atoms with Crippen LogP contribution in [0, 0.1) is 0 Å². The number of rotatable bonds is 4. The van der Waals surface area contributed by atoms with Gasteiger partial charge in [-0.25, -0.2) is 0 Å². The van der Waals surface area contributed by atoms with E-state index in [1.165, 1.54) is 12.5 Å². The summed E-state index contributed by atoms with van der Waals surface area (Å²) in [7, 11) is 0. The molecule has 100 valence electrons. The predicted octanol–water partition coefficient (Wildman–Crippen LogP) is 3.33.